The van der Waals surface area contributed by atoms with E-state index in [9.17, 15) is 9.90 Å². The van der Waals surface area contributed by atoms with Crippen molar-refractivity contribution in [2.24, 2.45) is 5.92 Å². The van der Waals surface area contributed by atoms with Crippen LogP contribution in [0.4, 0.5) is 10.5 Å². The van der Waals surface area contributed by atoms with E-state index in [4.69, 9.17) is 0 Å². The van der Waals surface area contributed by atoms with Crippen LogP contribution >= 0.6 is 0 Å². The summed E-state index contributed by atoms with van der Waals surface area (Å²) in [5, 5.41) is 9.21. The first-order valence-electron chi connectivity index (χ1n) is 6.78. The van der Waals surface area contributed by atoms with Crippen molar-refractivity contribution in [3.05, 3.63) is 28.3 Å². The highest BCUT2D eigenvalue weighted by Gasteiger charge is 2.38. The minimum absolute atomic E-state index is 0.113. The van der Waals surface area contributed by atoms with Gasteiger partial charge in [-0.1, -0.05) is 20.8 Å². The number of hydrogen-bond donors (Lipinski definition) is 1. The maximum Gasteiger partial charge on any atom is 0.411 e. The summed E-state index contributed by atoms with van der Waals surface area (Å²) in [6, 6.07) is 2.08. The van der Waals surface area contributed by atoms with Gasteiger partial charge >= 0.3 is 6.09 Å². The van der Waals surface area contributed by atoms with Crippen LogP contribution in [-0.4, -0.2) is 18.2 Å². The summed E-state index contributed by atoms with van der Waals surface area (Å²) in [5.74, 6) is 0.589. The lowest BCUT2D eigenvalue weighted by atomic mass is 9.79. The topological polar surface area (TPSA) is 40.5 Å². The van der Waals surface area contributed by atoms with Crippen molar-refractivity contribution in [2.75, 3.05) is 11.9 Å². The average Bonchev–Trinajstić information content (AvgIpc) is 2.55. The van der Waals surface area contributed by atoms with Crippen LogP contribution in [0.3, 0.4) is 0 Å². The molecule has 0 fully saturated rings. The van der Waals surface area contributed by atoms with Crippen LogP contribution in [-0.2, 0) is 11.8 Å². The number of rotatable bonds is 1. The first-order valence-corrected chi connectivity index (χ1v) is 6.78. The molecule has 1 amide bonds. The van der Waals surface area contributed by atoms with Crippen molar-refractivity contribution in [1.82, 2.24) is 0 Å². The molecule has 1 unspecified atom stereocenters. The van der Waals surface area contributed by atoms with Gasteiger partial charge in [0.25, 0.3) is 0 Å². The molecule has 2 rings (SSSR count). The number of carboxylic acid groups (broad SMARTS) is 1. The van der Waals surface area contributed by atoms with E-state index in [1.54, 1.807) is 7.05 Å². The lowest BCUT2D eigenvalue weighted by Crippen LogP contribution is -2.26. The van der Waals surface area contributed by atoms with Crippen molar-refractivity contribution in [2.45, 2.75) is 46.5 Å². The Hall–Kier alpha value is -1.51. The van der Waals surface area contributed by atoms with Gasteiger partial charge in [0.1, 0.15) is 0 Å². The Labute approximate surface area is 115 Å². The fraction of sp³-hybridized carbons (Fsp3) is 0.562. The zero-order valence-corrected chi connectivity index (χ0v) is 12.7. The molecular formula is C16H23NO2. The molecule has 0 bridgehead atoms. The van der Waals surface area contributed by atoms with Gasteiger partial charge in [-0.3, -0.25) is 4.90 Å². The van der Waals surface area contributed by atoms with Gasteiger partial charge in [0.15, 0.2) is 0 Å². The van der Waals surface area contributed by atoms with Gasteiger partial charge in [-0.2, -0.15) is 0 Å². The molecule has 0 aliphatic heterocycles. The highest BCUT2D eigenvalue weighted by molar-refractivity contribution is 5.87. The van der Waals surface area contributed by atoms with E-state index in [0.717, 1.165) is 17.7 Å². The number of anilines is 1. The van der Waals surface area contributed by atoms with E-state index >= 15 is 0 Å². The molecule has 1 N–H and O–H groups in total. The fourth-order valence-corrected chi connectivity index (χ4v) is 3.07. The average molecular weight is 261 g/mol. The standard InChI is InChI=1S/C16H23NO2/c1-9-7-12-10(2)11(3)14(17(6)15(18)19)8-13(12)16(9,4)5/h8-9H,7H2,1-6H3,(H,18,19). The first-order chi connectivity index (χ1) is 8.67. The number of hydrogen-bond acceptors (Lipinski definition) is 1. The minimum atomic E-state index is -0.911. The number of fused-ring (bicyclic) bond motifs is 1. The van der Waals surface area contributed by atoms with Crippen LogP contribution in [0.25, 0.3) is 0 Å². The molecule has 0 spiro atoms. The lowest BCUT2D eigenvalue weighted by Gasteiger charge is -2.27. The zero-order chi connectivity index (χ0) is 14.5. The summed E-state index contributed by atoms with van der Waals surface area (Å²) in [4.78, 5) is 12.5. The highest BCUT2D eigenvalue weighted by Crippen LogP contribution is 2.46. The number of carbonyl (C=O) groups is 1. The third-order valence-corrected chi connectivity index (χ3v) is 5.09. The molecule has 3 heteroatoms. The second-order valence-electron chi connectivity index (χ2n) is 6.34. The van der Waals surface area contributed by atoms with Gasteiger partial charge in [0.2, 0.25) is 0 Å². The molecule has 0 heterocycles. The molecule has 3 nitrogen and oxygen atoms in total. The third kappa shape index (κ3) is 1.92. The summed E-state index contributed by atoms with van der Waals surface area (Å²) in [5.41, 5.74) is 5.98. The Morgan fingerprint density at radius 2 is 1.95 bits per heavy atom. The summed E-state index contributed by atoms with van der Waals surface area (Å²) in [7, 11) is 1.61. The van der Waals surface area contributed by atoms with Crippen LogP contribution < -0.4 is 4.90 Å². The zero-order valence-electron chi connectivity index (χ0n) is 12.7. The fourth-order valence-electron chi connectivity index (χ4n) is 3.07. The Bertz CT molecular complexity index is 546. The molecule has 1 aliphatic rings. The maximum atomic E-state index is 11.2. The van der Waals surface area contributed by atoms with E-state index in [1.807, 2.05) is 6.92 Å². The molecule has 104 valence electrons. The minimum Gasteiger partial charge on any atom is -0.465 e. The van der Waals surface area contributed by atoms with Crippen molar-refractivity contribution in [1.29, 1.82) is 0 Å². The van der Waals surface area contributed by atoms with Crippen LogP contribution in [0.15, 0.2) is 6.07 Å². The summed E-state index contributed by atoms with van der Waals surface area (Å²) in [6.45, 7) is 10.9. The Kier molecular flexibility index (Phi) is 3.12. The van der Waals surface area contributed by atoms with Gasteiger partial charge in [0, 0.05) is 7.05 Å². The first kappa shape index (κ1) is 13.9. The van der Waals surface area contributed by atoms with Gasteiger partial charge < -0.3 is 5.11 Å². The van der Waals surface area contributed by atoms with E-state index in [-0.39, 0.29) is 5.41 Å². The van der Waals surface area contributed by atoms with E-state index in [0.29, 0.717) is 5.92 Å². The van der Waals surface area contributed by atoms with Crippen molar-refractivity contribution >= 4 is 11.8 Å². The Balaban J connectivity index is 2.67. The van der Waals surface area contributed by atoms with E-state index in [1.165, 1.54) is 21.6 Å². The second kappa shape index (κ2) is 4.26. The predicted molar refractivity (Wildman–Crippen MR) is 78.2 cm³/mol. The second-order valence-corrected chi connectivity index (χ2v) is 6.34. The van der Waals surface area contributed by atoms with E-state index < -0.39 is 6.09 Å². The lowest BCUT2D eigenvalue weighted by molar-refractivity contribution is 0.203. The summed E-state index contributed by atoms with van der Waals surface area (Å²) >= 11 is 0. The predicted octanol–water partition coefficient (Wildman–Crippen LogP) is 3.89. The number of nitrogens with zero attached hydrogens (tertiary/aromatic N) is 1. The van der Waals surface area contributed by atoms with Crippen molar-refractivity contribution in [3.63, 3.8) is 0 Å². The quantitative estimate of drug-likeness (QED) is 0.833. The van der Waals surface area contributed by atoms with Gasteiger partial charge in [-0.25, -0.2) is 4.79 Å². The molecule has 0 saturated carbocycles. The van der Waals surface area contributed by atoms with E-state index in [2.05, 4.69) is 33.8 Å². The number of benzene rings is 1. The molecule has 1 aromatic rings. The highest BCUT2D eigenvalue weighted by atomic mass is 16.4. The van der Waals surface area contributed by atoms with Crippen LogP contribution in [0, 0.1) is 19.8 Å². The Morgan fingerprint density at radius 1 is 1.37 bits per heavy atom. The maximum absolute atomic E-state index is 11.2. The normalized spacial score (nSPS) is 20.2. The molecule has 0 radical (unpaired) electrons. The number of amides is 1. The van der Waals surface area contributed by atoms with Gasteiger partial charge in [0.05, 0.1) is 5.69 Å². The van der Waals surface area contributed by atoms with Crippen molar-refractivity contribution in [3.8, 4) is 0 Å². The molecule has 0 saturated heterocycles. The smallest absolute Gasteiger partial charge is 0.411 e. The molecule has 1 aliphatic carbocycles. The third-order valence-electron chi connectivity index (χ3n) is 5.09. The van der Waals surface area contributed by atoms with Crippen LogP contribution in [0.1, 0.15) is 43.0 Å². The monoisotopic (exact) mass is 261 g/mol. The van der Waals surface area contributed by atoms with Gasteiger partial charge in [-0.05, 0) is 59.9 Å². The Morgan fingerprint density at radius 3 is 2.47 bits per heavy atom. The molecular weight excluding hydrogens is 238 g/mol. The van der Waals surface area contributed by atoms with Crippen molar-refractivity contribution < 1.29 is 9.90 Å². The van der Waals surface area contributed by atoms with Crippen LogP contribution in [0.2, 0.25) is 0 Å². The summed E-state index contributed by atoms with van der Waals surface area (Å²) in [6.07, 6.45) is 0.179. The SMILES string of the molecule is Cc1c(N(C)C(=O)O)cc2c(c1C)CC(C)C2(C)C. The molecule has 1 aromatic carbocycles. The van der Waals surface area contributed by atoms with Gasteiger partial charge in [-0.15, -0.1) is 0 Å². The largest absolute Gasteiger partial charge is 0.465 e. The molecule has 1 atom stereocenters. The molecule has 0 aromatic heterocycles. The van der Waals surface area contributed by atoms with Crippen LogP contribution in [0.5, 0.6) is 0 Å². The molecule has 19 heavy (non-hydrogen) atoms. The summed E-state index contributed by atoms with van der Waals surface area (Å²) < 4.78 is 0.